The molecular weight excluding hydrogens is 320 g/mol. The molecule has 0 saturated heterocycles. The maximum atomic E-state index is 12.1. The summed E-state index contributed by atoms with van der Waals surface area (Å²) in [6.45, 7) is 8.60. The van der Waals surface area contributed by atoms with Gasteiger partial charge in [-0.05, 0) is 50.1 Å². The van der Waals surface area contributed by atoms with Crippen molar-refractivity contribution in [2.24, 2.45) is 0 Å². The molecule has 0 saturated carbocycles. The first-order valence-electron chi connectivity index (χ1n) is 8.08. The predicted octanol–water partition coefficient (Wildman–Crippen LogP) is 4.31. The number of benzene rings is 1. The Morgan fingerprint density at radius 3 is 2.75 bits per heavy atom. The van der Waals surface area contributed by atoms with Crippen molar-refractivity contribution in [2.45, 2.75) is 50.8 Å². The zero-order valence-corrected chi connectivity index (χ0v) is 15.4. The van der Waals surface area contributed by atoms with Crippen molar-refractivity contribution in [2.75, 3.05) is 5.32 Å². The molecule has 0 bridgehead atoms. The molecule has 1 atom stereocenters. The summed E-state index contributed by atoms with van der Waals surface area (Å²) in [7, 11) is 0. The summed E-state index contributed by atoms with van der Waals surface area (Å²) in [6, 6.07) is 7.66. The molecule has 1 aromatic carbocycles. The molecule has 24 heavy (non-hydrogen) atoms. The van der Waals surface area contributed by atoms with Crippen molar-refractivity contribution in [3.63, 3.8) is 0 Å². The Kier molecular flexibility index (Phi) is 6.61. The normalized spacial score (nSPS) is 11.8. The number of nitrogens with zero attached hydrogens (tertiary/aromatic N) is 2. The Balaban J connectivity index is 1.91. The second-order valence-electron chi connectivity index (χ2n) is 5.72. The summed E-state index contributed by atoms with van der Waals surface area (Å²) in [6.07, 6.45) is 2.82. The van der Waals surface area contributed by atoms with Crippen molar-refractivity contribution >= 4 is 23.5 Å². The van der Waals surface area contributed by atoms with E-state index in [2.05, 4.69) is 40.5 Å². The van der Waals surface area contributed by atoms with E-state index < -0.39 is 0 Å². The Labute approximate surface area is 147 Å². The fourth-order valence-corrected chi connectivity index (χ4v) is 3.13. The maximum absolute atomic E-state index is 12.1. The first-order valence-corrected chi connectivity index (χ1v) is 8.96. The number of nitrogens with one attached hydrogen (secondary N) is 2. The number of carbonyl (C=O) groups excluding carboxylic acids is 1. The molecule has 1 heterocycles. The minimum Gasteiger partial charge on any atom is -0.332 e. The molecule has 0 aliphatic heterocycles. The molecule has 5 nitrogen and oxygen atoms in total. The highest BCUT2D eigenvalue weighted by Gasteiger charge is 2.07. The molecule has 2 rings (SSSR count). The summed E-state index contributed by atoms with van der Waals surface area (Å²) in [4.78, 5) is 21.6. The average Bonchev–Trinajstić information content (AvgIpc) is 2.55. The average molecular weight is 344 g/mol. The second kappa shape index (κ2) is 8.68. The summed E-state index contributed by atoms with van der Waals surface area (Å²) in [5.41, 5.74) is 2.66. The third kappa shape index (κ3) is 5.53. The lowest BCUT2D eigenvalue weighted by Gasteiger charge is -2.13. The van der Waals surface area contributed by atoms with Gasteiger partial charge in [-0.3, -0.25) is 0 Å². The van der Waals surface area contributed by atoms with E-state index in [1.165, 1.54) is 4.90 Å². The number of anilines is 1. The van der Waals surface area contributed by atoms with Gasteiger partial charge in [0.15, 0.2) is 0 Å². The smallest absolute Gasteiger partial charge is 0.319 e. The van der Waals surface area contributed by atoms with Crippen LogP contribution in [0.4, 0.5) is 10.5 Å². The van der Waals surface area contributed by atoms with Gasteiger partial charge in [-0.2, -0.15) is 0 Å². The van der Waals surface area contributed by atoms with Crippen molar-refractivity contribution in [1.82, 2.24) is 15.3 Å². The summed E-state index contributed by atoms with van der Waals surface area (Å²) in [5.74, 6) is 0.694. The zero-order chi connectivity index (χ0) is 17.5. The molecule has 2 amide bonds. The fourth-order valence-electron chi connectivity index (χ4n) is 2.11. The van der Waals surface area contributed by atoms with Crippen LogP contribution in [-0.2, 0) is 6.54 Å². The molecule has 0 fully saturated rings. The van der Waals surface area contributed by atoms with E-state index in [9.17, 15) is 4.79 Å². The van der Waals surface area contributed by atoms with Crippen LogP contribution in [0.5, 0.6) is 0 Å². The van der Waals surface area contributed by atoms with Crippen molar-refractivity contribution in [1.29, 1.82) is 0 Å². The topological polar surface area (TPSA) is 66.9 Å². The number of rotatable bonds is 6. The molecule has 0 spiro atoms. The number of hydrogen-bond acceptors (Lipinski definition) is 4. The van der Waals surface area contributed by atoms with Crippen LogP contribution < -0.4 is 10.6 Å². The first-order chi connectivity index (χ1) is 11.5. The standard InChI is InChI=1S/C18H24N4OS/c1-5-13(3)24-16-6-7-17(12(2)10-16)22-18(23)20-11-15-8-9-19-14(4)21-15/h6-10,13H,5,11H2,1-4H3,(H2,20,22,23). The van der Waals surface area contributed by atoms with Crippen LogP contribution in [0, 0.1) is 13.8 Å². The zero-order valence-electron chi connectivity index (χ0n) is 14.6. The van der Waals surface area contributed by atoms with E-state index in [0.29, 0.717) is 17.6 Å². The van der Waals surface area contributed by atoms with E-state index in [1.807, 2.05) is 37.7 Å². The number of urea groups is 1. The molecule has 1 unspecified atom stereocenters. The van der Waals surface area contributed by atoms with Crippen molar-refractivity contribution in [3.05, 3.63) is 47.5 Å². The molecule has 0 aliphatic rings. The lowest BCUT2D eigenvalue weighted by Crippen LogP contribution is -2.28. The Hall–Kier alpha value is -2.08. The predicted molar refractivity (Wildman–Crippen MR) is 99.4 cm³/mol. The van der Waals surface area contributed by atoms with E-state index in [0.717, 1.165) is 23.4 Å². The van der Waals surface area contributed by atoms with Gasteiger partial charge in [0.1, 0.15) is 5.82 Å². The molecule has 128 valence electrons. The SMILES string of the molecule is CCC(C)Sc1ccc(NC(=O)NCc2ccnc(C)n2)c(C)c1. The van der Waals surface area contributed by atoms with Gasteiger partial charge in [-0.25, -0.2) is 14.8 Å². The molecule has 6 heteroatoms. The monoisotopic (exact) mass is 344 g/mol. The molecule has 1 aromatic heterocycles. The molecular formula is C18H24N4OS. The number of amides is 2. The van der Waals surface area contributed by atoms with Gasteiger partial charge >= 0.3 is 6.03 Å². The van der Waals surface area contributed by atoms with Crippen molar-refractivity contribution < 1.29 is 4.79 Å². The van der Waals surface area contributed by atoms with Crippen LogP contribution in [0.15, 0.2) is 35.4 Å². The highest BCUT2D eigenvalue weighted by molar-refractivity contribution is 7.99. The Bertz CT molecular complexity index is 705. The number of hydrogen-bond donors (Lipinski definition) is 2. The van der Waals surface area contributed by atoms with E-state index in [1.54, 1.807) is 12.3 Å². The fraction of sp³-hybridized carbons (Fsp3) is 0.389. The Morgan fingerprint density at radius 2 is 2.08 bits per heavy atom. The number of carbonyl (C=O) groups is 1. The van der Waals surface area contributed by atoms with E-state index in [4.69, 9.17) is 0 Å². The van der Waals surface area contributed by atoms with Gasteiger partial charge in [0.2, 0.25) is 0 Å². The Morgan fingerprint density at radius 1 is 1.29 bits per heavy atom. The number of aromatic nitrogens is 2. The van der Waals surface area contributed by atoms with Gasteiger partial charge in [-0.15, -0.1) is 11.8 Å². The van der Waals surface area contributed by atoms with Crippen LogP contribution in [0.3, 0.4) is 0 Å². The van der Waals surface area contributed by atoms with Crippen LogP contribution in [-0.4, -0.2) is 21.2 Å². The van der Waals surface area contributed by atoms with Gasteiger partial charge < -0.3 is 10.6 Å². The van der Waals surface area contributed by atoms with Gasteiger partial charge in [0.05, 0.1) is 12.2 Å². The largest absolute Gasteiger partial charge is 0.332 e. The highest BCUT2D eigenvalue weighted by atomic mass is 32.2. The highest BCUT2D eigenvalue weighted by Crippen LogP contribution is 2.28. The van der Waals surface area contributed by atoms with Crippen LogP contribution >= 0.6 is 11.8 Å². The number of thioether (sulfide) groups is 1. The molecule has 2 N–H and O–H groups in total. The van der Waals surface area contributed by atoms with Crippen molar-refractivity contribution in [3.8, 4) is 0 Å². The minimum atomic E-state index is -0.239. The quantitative estimate of drug-likeness (QED) is 0.767. The third-order valence-corrected chi connectivity index (χ3v) is 4.88. The van der Waals surface area contributed by atoms with E-state index >= 15 is 0 Å². The first kappa shape index (κ1) is 18.3. The van der Waals surface area contributed by atoms with E-state index in [-0.39, 0.29) is 6.03 Å². The summed E-state index contributed by atoms with van der Waals surface area (Å²) < 4.78 is 0. The van der Waals surface area contributed by atoms with Crippen LogP contribution in [0.1, 0.15) is 37.4 Å². The lowest BCUT2D eigenvalue weighted by molar-refractivity contribution is 0.251. The minimum absolute atomic E-state index is 0.239. The third-order valence-electron chi connectivity index (χ3n) is 3.62. The number of aryl methyl sites for hydroxylation is 2. The maximum Gasteiger partial charge on any atom is 0.319 e. The lowest BCUT2D eigenvalue weighted by atomic mass is 10.2. The van der Waals surface area contributed by atoms with Crippen LogP contribution in [0.25, 0.3) is 0 Å². The second-order valence-corrected chi connectivity index (χ2v) is 7.23. The van der Waals surface area contributed by atoms with Gasteiger partial charge in [0.25, 0.3) is 0 Å². The van der Waals surface area contributed by atoms with Gasteiger partial charge in [-0.1, -0.05) is 13.8 Å². The molecule has 0 aliphatic carbocycles. The van der Waals surface area contributed by atoms with Gasteiger partial charge in [0, 0.05) is 22.0 Å². The molecule has 0 radical (unpaired) electrons. The summed E-state index contributed by atoms with van der Waals surface area (Å²) in [5, 5.41) is 6.29. The molecule has 2 aromatic rings. The van der Waals surface area contributed by atoms with Crippen LogP contribution in [0.2, 0.25) is 0 Å². The summed E-state index contributed by atoms with van der Waals surface area (Å²) >= 11 is 1.85.